The largest absolute Gasteiger partial charge is 0.364 e. The molecule has 0 saturated heterocycles. The fraction of sp³-hybridized carbons (Fsp3) is 0.294. The Kier molecular flexibility index (Phi) is 3.79. The molecule has 5 heteroatoms. The van der Waals surface area contributed by atoms with Gasteiger partial charge in [-0.25, -0.2) is 4.39 Å². The number of benzene rings is 1. The second-order valence-corrected chi connectivity index (χ2v) is 5.66. The van der Waals surface area contributed by atoms with Crippen LogP contribution in [0, 0.1) is 12.7 Å². The maximum Gasteiger partial charge on any atom is 0.257 e. The molecule has 0 spiro atoms. The molecule has 1 aromatic heterocycles. The molecule has 0 radical (unpaired) electrons. The smallest absolute Gasteiger partial charge is 0.257 e. The third-order valence-electron chi connectivity index (χ3n) is 4.03. The number of fused-ring (bicyclic) bond motifs is 1. The average molecular weight is 300 g/mol. The van der Waals surface area contributed by atoms with Crippen LogP contribution in [0.5, 0.6) is 0 Å². The van der Waals surface area contributed by atoms with E-state index < -0.39 is 5.91 Å². The molecule has 1 aromatic carbocycles. The van der Waals surface area contributed by atoms with Crippen molar-refractivity contribution in [3.05, 3.63) is 68.9 Å². The molecule has 3 rings (SSSR count). The SMILES string of the molecule is Cc1cc(=O)c(C(=O)NC2CCCc3cc(F)ccc32)c[nH]1. The highest BCUT2D eigenvalue weighted by Crippen LogP contribution is 2.30. The van der Waals surface area contributed by atoms with Crippen molar-refractivity contribution in [2.75, 3.05) is 0 Å². The van der Waals surface area contributed by atoms with Crippen LogP contribution >= 0.6 is 0 Å². The van der Waals surface area contributed by atoms with E-state index in [0.717, 1.165) is 30.4 Å². The van der Waals surface area contributed by atoms with Crippen LogP contribution < -0.4 is 10.7 Å². The van der Waals surface area contributed by atoms with E-state index in [-0.39, 0.29) is 22.9 Å². The summed E-state index contributed by atoms with van der Waals surface area (Å²) in [5.74, 6) is -0.663. The Morgan fingerprint density at radius 3 is 2.95 bits per heavy atom. The van der Waals surface area contributed by atoms with Gasteiger partial charge in [-0.15, -0.1) is 0 Å². The first-order valence-corrected chi connectivity index (χ1v) is 7.33. The lowest BCUT2D eigenvalue weighted by Crippen LogP contribution is -2.34. The van der Waals surface area contributed by atoms with Crippen LogP contribution in [-0.2, 0) is 6.42 Å². The zero-order valence-corrected chi connectivity index (χ0v) is 12.3. The second-order valence-electron chi connectivity index (χ2n) is 5.66. The normalized spacial score (nSPS) is 16.9. The standard InChI is InChI=1S/C17H17FN2O2/c1-10-7-16(21)14(9-19-10)17(22)20-15-4-2-3-11-8-12(18)5-6-13(11)15/h5-9,15H,2-4H2,1H3,(H,19,21)(H,20,22). The fourth-order valence-corrected chi connectivity index (χ4v) is 2.92. The Bertz CT molecular complexity index is 782. The van der Waals surface area contributed by atoms with E-state index in [1.165, 1.54) is 24.4 Å². The number of halogens is 1. The van der Waals surface area contributed by atoms with E-state index in [0.29, 0.717) is 5.69 Å². The first kappa shape index (κ1) is 14.5. The van der Waals surface area contributed by atoms with Gasteiger partial charge in [0.2, 0.25) is 0 Å². The highest BCUT2D eigenvalue weighted by atomic mass is 19.1. The van der Waals surface area contributed by atoms with Gasteiger partial charge < -0.3 is 10.3 Å². The summed E-state index contributed by atoms with van der Waals surface area (Å²) in [6, 6.07) is 5.86. The third kappa shape index (κ3) is 2.79. The molecule has 1 aliphatic rings. The van der Waals surface area contributed by atoms with Crippen molar-refractivity contribution in [3.8, 4) is 0 Å². The van der Waals surface area contributed by atoms with Crippen molar-refractivity contribution >= 4 is 5.91 Å². The predicted octanol–water partition coefficient (Wildman–Crippen LogP) is 2.63. The molecule has 114 valence electrons. The number of rotatable bonds is 2. The van der Waals surface area contributed by atoms with Crippen LogP contribution in [0.1, 0.15) is 46.1 Å². The van der Waals surface area contributed by atoms with Crippen molar-refractivity contribution in [1.82, 2.24) is 10.3 Å². The quantitative estimate of drug-likeness (QED) is 0.895. The molecule has 0 fully saturated rings. The first-order chi connectivity index (χ1) is 10.5. The Morgan fingerprint density at radius 1 is 1.36 bits per heavy atom. The molecule has 1 aliphatic carbocycles. The van der Waals surface area contributed by atoms with Crippen LogP contribution in [0.4, 0.5) is 4.39 Å². The molecule has 1 amide bonds. The molecule has 1 unspecified atom stereocenters. The summed E-state index contributed by atoms with van der Waals surface area (Å²) in [4.78, 5) is 27.1. The zero-order chi connectivity index (χ0) is 15.7. The third-order valence-corrected chi connectivity index (χ3v) is 4.03. The minimum absolute atomic E-state index is 0.0971. The topological polar surface area (TPSA) is 62.0 Å². The molecule has 2 aromatic rings. The van der Waals surface area contributed by atoms with Gasteiger partial charge in [0.05, 0.1) is 6.04 Å². The Labute approximate surface area is 127 Å². The number of aromatic nitrogens is 1. The van der Waals surface area contributed by atoms with Gasteiger partial charge in [0, 0.05) is 18.0 Å². The summed E-state index contributed by atoms with van der Waals surface area (Å²) in [6.07, 6.45) is 3.91. The number of nitrogens with one attached hydrogen (secondary N) is 2. The van der Waals surface area contributed by atoms with E-state index >= 15 is 0 Å². The van der Waals surface area contributed by atoms with Gasteiger partial charge >= 0.3 is 0 Å². The van der Waals surface area contributed by atoms with E-state index in [2.05, 4.69) is 10.3 Å². The summed E-state index contributed by atoms with van der Waals surface area (Å²) in [5.41, 5.74) is 2.36. The minimum atomic E-state index is -0.400. The number of H-pyrrole nitrogens is 1. The number of hydrogen-bond donors (Lipinski definition) is 2. The van der Waals surface area contributed by atoms with Crippen LogP contribution in [0.25, 0.3) is 0 Å². The number of aromatic amines is 1. The van der Waals surface area contributed by atoms with Crippen LogP contribution in [0.2, 0.25) is 0 Å². The van der Waals surface area contributed by atoms with Crippen molar-refractivity contribution in [2.24, 2.45) is 0 Å². The van der Waals surface area contributed by atoms with Crippen molar-refractivity contribution < 1.29 is 9.18 Å². The van der Waals surface area contributed by atoms with E-state index in [1.807, 2.05) is 0 Å². The molecule has 1 heterocycles. The molecule has 1 atom stereocenters. The first-order valence-electron chi connectivity index (χ1n) is 7.33. The molecule has 0 saturated carbocycles. The molecule has 2 N–H and O–H groups in total. The fourth-order valence-electron chi connectivity index (χ4n) is 2.92. The van der Waals surface area contributed by atoms with Gasteiger partial charge in [-0.1, -0.05) is 6.07 Å². The Morgan fingerprint density at radius 2 is 2.18 bits per heavy atom. The predicted molar refractivity (Wildman–Crippen MR) is 81.3 cm³/mol. The van der Waals surface area contributed by atoms with Crippen LogP contribution in [0.3, 0.4) is 0 Å². The number of carbonyl (C=O) groups is 1. The van der Waals surface area contributed by atoms with Crippen molar-refractivity contribution in [3.63, 3.8) is 0 Å². The number of hydrogen-bond acceptors (Lipinski definition) is 2. The molecule has 22 heavy (non-hydrogen) atoms. The summed E-state index contributed by atoms with van der Waals surface area (Å²) >= 11 is 0. The lowest BCUT2D eigenvalue weighted by Gasteiger charge is -2.26. The summed E-state index contributed by atoms with van der Waals surface area (Å²) < 4.78 is 13.3. The molecular weight excluding hydrogens is 283 g/mol. The molecule has 4 nitrogen and oxygen atoms in total. The van der Waals surface area contributed by atoms with Gasteiger partial charge in [0.1, 0.15) is 11.4 Å². The maximum absolute atomic E-state index is 13.3. The lowest BCUT2D eigenvalue weighted by atomic mass is 9.87. The second kappa shape index (κ2) is 5.75. The number of aryl methyl sites for hydroxylation is 2. The molecule has 0 bridgehead atoms. The highest BCUT2D eigenvalue weighted by Gasteiger charge is 2.23. The summed E-state index contributed by atoms with van der Waals surface area (Å²) in [6.45, 7) is 1.76. The number of carbonyl (C=O) groups excluding carboxylic acids is 1. The van der Waals surface area contributed by atoms with E-state index in [1.54, 1.807) is 13.0 Å². The maximum atomic E-state index is 13.3. The van der Waals surface area contributed by atoms with Crippen molar-refractivity contribution in [2.45, 2.75) is 32.2 Å². The molecule has 0 aliphatic heterocycles. The average Bonchev–Trinajstić information content (AvgIpc) is 2.47. The van der Waals surface area contributed by atoms with Gasteiger partial charge in [-0.3, -0.25) is 9.59 Å². The van der Waals surface area contributed by atoms with Gasteiger partial charge in [-0.2, -0.15) is 0 Å². The monoisotopic (exact) mass is 300 g/mol. The van der Waals surface area contributed by atoms with E-state index in [9.17, 15) is 14.0 Å². The van der Waals surface area contributed by atoms with Crippen LogP contribution in [0.15, 0.2) is 35.3 Å². The van der Waals surface area contributed by atoms with Gasteiger partial charge in [0.15, 0.2) is 5.43 Å². The molecular formula is C17H17FN2O2. The summed E-state index contributed by atoms with van der Waals surface area (Å²) in [7, 11) is 0. The summed E-state index contributed by atoms with van der Waals surface area (Å²) in [5, 5.41) is 2.89. The van der Waals surface area contributed by atoms with Crippen molar-refractivity contribution in [1.29, 1.82) is 0 Å². The Balaban J connectivity index is 1.85. The zero-order valence-electron chi connectivity index (χ0n) is 12.3. The number of pyridine rings is 1. The van der Waals surface area contributed by atoms with Gasteiger partial charge in [0.25, 0.3) is 5.91 Å². The highest BCUT2D eigenvalue weighted by molar-refractivity contribution is 5.94. The van der Waals surface area contributed by atoms with Gasteiger partial charge in [-0.05, 0) is 49.4 Å². The number of amides is 1. The van der Waals surface area contributed by atoms with E-state index in [4.69, 9.17) is 0 Å². The lowest BCUT2D eigenvalue weighted by molar-refractivity contribution is 0.0931. The Hall–Kier alpha value is -2.43. The minimum Gasteiger partial charge on any atom is -0.364 e. The van der Waals surface area contributed by atoms with Crippen LogP contribution in [-0.4, -0.2) is 10.9 Å².